The van der Waals surface area contributed by atoms with Crippen LogP contribution in [0.15, 0.2) is 48.5 Å². The van der Waals surface area contributed by atoms with Crippen LogP contribution in [0.5, 0.6) is 0 Å². The van der Waals surface area contributed by atoms with Crippen molar-refractivity contribution in [2.24, 2.45) is 0 Å². The van der Waals surface area contributed by atoms with Crippen LogP contribution in [-0.2, 0) is 4.79 Å². The van der Waals surface area contributed by atoms with Gasteiger partial charge < -0.3 is 5.11 Å². The third kappa shape index (κ3) is 2.56. The highest BCUT2D eigenvalue weighted by atomic mass is 19.1. The van der Waals surface area contributed by atoms with Gasteiger partial charge in [0.1, 0.15) is 5.82 Å². The molecule has 0 aliphatic rings. The van der Waals surface area contributed by atoms with Gasteiger partial charge in [-0.3, -0.25) is 4.79 Å². The summed E-state index contributed by atoms with van der Waals surface area (Å²) < 4.78 is 13.5. The summed E-state index contributed by atoms with van der Waals surface area (Å²) in [6.45, 7) is 1.55. The molecule has 2 nitrogen and oxygen atoms in total. The number of carbonyl (C=O) groups is 1. The van der Waals surface area contributed by atoms with E-state index in [4.69, 9.17) is 5.11 Å². The molecule has 2 aromatic carbocycles. The van der Waals surface area contributed by atoms with Crippen LogP contribution in [0.4, 0.5) is 4.39 Å². The van der Waals surface area contributed by atoms with Gasteiger partial charge in [-0.1, -0.05) is 36.4 Å². The fraction of sp³-hybridized carbons (Fsp3) is 0.133. The maximum atomic E-state index is 13.5. The minimum atomic E-state index is -0.959. The molecular weight excluding hydrogens is 231 g/mol. The Labute approximate surface area is 105 Å². The van der Waals surface area contributed by atoms with E-state index in [2.05, 4.69) is 0 Å². The standard InChI is InChI=1S/C15H13FO2/c1-10(15(17)18)12-7-13(9-14(16)8-12)11-5-3-2-4-6-11/h2-10H,1H3,(H,17,18)/t10-/m0/s1. The third-order valence-electron chi connectivity index (χ3n) is 2.90. The second-order valence-electron chi connectivity index (χ2n) is 4.20. The molecule has 0 spiro atoms. The average Bonchev–Trinajstić information content (AvgIpc) is 2.38. The highest BCUT2D eigenvalue weighted by molar-refractivity contribution is 5.76. The first-order chi connectivity index (χ1) is 8.58. The molecule has 0 aliphatic carbocycles. The first-order valence-corrected chi connectivity index (χ1v) is 5.66. The Balaban J connectivity index is 2.48. The van der Waals surface area contributed by atoms with Crippen LogP contribution in [-0.4, -0.2) is 11.1 Å². The predicted molar refractivity (Wildman–Crippen MR) is 67.9 cm³/mol. The molecule has 0 aromatic heterocycles. The molecule has 92 valence electrons. The van der Waals surface area contributed by atoms with E-state index in [1.54, 1.807) is 13.0 Å². The summed E-state index contributed by atoms with van der Waals surface area (Å²) in [5.74, 6) is -2.10. The second-order valence-corrected chi connectivity index (χ2v) is 4.20. The molecule has 0 amide bonds. The van der Waals surface area contributed by atoms with Gasteiger partial charge in [0.25, 0.3) is 0 Å². The Kier molecular flexibility index (Phi) is 3.42. The monoisotopic (exact) mass is 244 g/mol. The van der Waals surface area contributed by atoms with Crippen LogP contribution >= 0.6 is 0 Å². The minimum Gasteiger partial charge on any atom is -0.481 e. The smallest absolute Gasteiger partial charge is 0.310 e. The molecule has 0 radical (unpaired) electrons. The molecule has 0 heterocycles. The summed E-state index contributed by atoms with van der Waals surface area (Å²) in [4.78, 5) is 10.9. The van der Waals surface area contributed by atoms with Crippen molar-refractivity contribution in [3.05, 3.63) is 59.9 Å². The van der Waals surface area contributed by atoms with Crippen molar-refractivity contribution in [2.45, 2.75) is 12.8 Å². The molecule has 1 atom stereocenters. The van der Waals surface area contributed by atoms with Crippen molar-refractivity contribution in [3.8, 4) is 11.1 Å². The molecule has 0 unspecified atom stereocenters. The number of hydrogen-bond donors (Lipinski definition) is 1. The largest absolute Gasteiger partial charge is 0.481 e. The first-order valence-electron chi connectivity index (χ1n) is 5.66. The van der Waals surface area contributed by atoms with Crippen molar-refractivity contribution in [3.63, 3.8) is 0 Å². The Hall–Kier alpha value is -2.16. The van der Waals surface area contributed by atoms with E-state index in [1.807, 2.05) is 30.3 Å². The van der Waals surface area contributed by atoms with Crippen molar-refractivity contribution in [2.75, 3.05) is 0 Å². The topological polar surface area (TPSA) is 37.3 Å². The summed E-state index contributed by atoms with van der Waals surface area (Å²) in [7, 11) is 0. The molecule has 0 saturated heterocycles. The summed E-state index contributed by atoms with van der Waals surface area (Å²) in [6.07, 6.45) is 0. The van der Waals surface area contributed by atoms with Crippen LogP contribution in [0.1, 0.15) is 18.4 Å². The van der Waals surface area contributed by atoms with Crippen LogP contribution in [0.3, 0.4) is 0 Å². The van der Waals surface area contributed by atoms with Crippen molar-refractivity contribution in [1.29, 1.82) is 0 Å². The lowest BCUT2D eigenvalue weighted by Gasteiger charge is -2.09. The van der Waals surface area contributed by atoms with Crippen LogP contribution in [0.2, 0.25) is 0 Å². The number of benzene rings is 2. The fourth-order valence-electron chi connectivity index (χ4n) is 1.80. The number of rotatable bonds is 3. The van der Waals surface area contributed by atoms with Crippen LogP contribution in [0.25, 0.3) is 11.1 Å². The lowest BCUT2D eigenvalue weighted by molar-refractivity contribution is -0.138. The van der Waals surface area contributed by atoms with E-state index < -0.39 is 17.7 Å². The maximum absolute atomic E-state index is 13.5. The molecule has 2 rings (SSSR count). The Morgan fingerprint density at radius 3 is 2.39 bits per heavy atom. The molecule has 0 aliphatic heterocycles. The van der Waals surface area contributed by atoms with E-state index in [1.165, 1.54) is 12.1 Å². The number of carboxylic acid groups (broad SMARTS) is 1. The summed E-state index contributed by atoms with van der Waals surface area (Å²) in [5.41, 5.74) is 2.04. The quantitative estimate of drug-likeness (QED) is 0.894. The van der Waals surface area contributed by atoms with Gasteiger partial charge in [0.2, 0.25) is 0 Å². The van der Waals surface area contributed by atoms with Crippen LogP contribution in [0, 0.1) is 5.82 Å². The first kappa shape index (κ1) is 12.3. The number of aliphatic carboxylic acids is 1. The lowest BCUT2D eigenvalue weighted by Crippen LogP contribution is -2.07. The van der Waals surface area contributed by atoms with E-state index in [9.17, 15) is 9.18 Å². The van der Waals surface area contributed by atoms with Crippen molar-refractivity contribution >= 4 is 5.97 Å². The third-order valence-corrected chi connectivity index (χ3v) is 2.90. The van der Waals surface area contributed by atoms with E-state index in [0.717, 1.165) is 5.56 Å². The van der Waals surface area contributed by atoms with Gasteiger partial charge in [-0.2, -0.15) is 0 Å². The lowest BCUT2D eigenvalue weighted by atomic mass is 9.96. The molecular formula is C15H13FO2. The summed E-state index contributed by atoms with van der Waals surface area (Å²) >= 11 is 0. The highest BCUT2D eigenvalue weighted by Crippen LogP contribution is 2.25. The molecule has 3 heteroatoms. The SMILES string of the molecule is C[C@H](C(=O)O)c1cc(F)cc(-c2ccccc2)c1. The fourth-order valence-corrected chi connectivity index (χ4v) is 1.80. The molecule has 0 fully saturated rings. The van der Waals surface area contributed by atoms with Gasteiger partial charge in [-0.05, 0) is 35.7 Å². The molecule has 0 bridgehead atoms. The molecule has 1 N–H and O–H groups in total. The van der Waals surface area contributed by atoms with E-state index in [0.29, 0.717) is 11.1 Å². The Morgan fingerprint density at radius 1 is 1.11 bits per heavy atom. The minimum absolute atomic E-state index is 0.417. The highest BCUT2D eigenvalue weighted by Gasteiger charge is 2.15. The van der Waals surface area contributed by atoms with Gasteiger partial charge >= 0.3 is 5.97 Å². The zero-order valence-electron chi connectivity index (χ0n) is 9.93. The van der Waals surface area contributed by atoms with Gasteiger partial charge in [0, 0.05) is 0 Å². The maximum Gasteiger partial charge on any atom is 0.310 e. The second kappa shape index (κ2) is 5.00. The Morgan fingerprint density at radius 2 is 1.78 bits per heavy atom. The number of carboxylic acids is 1. The van der Waals surface area contributed by atoms with E-state index in [-0.39, 0.29) is 0 Å². The van der Waals surface area contributed by atoms with Gasteiger partial charge in [0.05, 0.1) is 5.92 Å². The van der Waals surface area contributed by atoms with Crippen molar-refractivity contribution in [1.82, 2.24) is 0 Å². The summed E-state index contributed by atoms with van der Waals surface area (Å²) in [6, 6.07) is 13.7. The average molecular weight is 244 g/mol. The van der Waals surface area contributed by atoms with E-state index >= 15 is 0 Å². The zero-order chi connectivity index (χ0) is 13.1. The normalized spacial score (nSPS) is 12.1. The Bertz CT molecular complexity index is 564. The van der Waals surface area contributed by atoms with Gasteiger partial charge in [-0.15, -0.1) is 0 Å². The molecule has 0 saturated carbocycles. The van der Waals surface area contributed by atoms with Crippen molar-refractivity contribution < 1.29 is 14.3 Å². The van der Waals surface area contributed by atoms with Gasteiger partial charge in [-0.25, -0.2) is 4.39 Å². The zero-order valence-corrected chi connectivity index (χ0v) is 9.93. The molecule has 2 aromatic rings. The predicted octanol–water partition coefficient (Wildman–Crippen LogP) is 3.68. The van der Waals surface area contributed by atoms with Crippen LogP contribution < -0.4 is 0 Å². The summed E-state index contributed by atoms with van der Waals surface area (Å²) in [5, 5.41) is 8.97. The number of hydrogen-bond acceptors (Lipinski definition) is 1. The van der Waals surface area contributed by atoms with Gasteiger partial charge in [0.15, 0.2) is 0 Å². The molecule has 18 heavy (non-hydrogen) atoms. The number of halogens is 1.